The van der Waals surface area contributed by atoms with E-state index >= 15 is 0 Å². The second kappa shape index (κ2) is 6.43. The summed E-state index contributed by atoms with van der Waals surface area (Å²) in [4.78, 5) is 14.1. The van der Waals surface area contributed by atoms with Gasteiger partial charge in [0, 0.05) is 18.8 Å². The first-order chi connectivity index (χ1) is 10.1. The van der Waals surface area contributed by atoms with Gasteiger partial charge in [-0.15, -0.1) is 0 Å². The van der Waals surface area contributed by atoms with Gasteiger partial charge < -0.3 is 9.64 Å². The summed E-state index contributed by atoms with van der Waals surface area (Å²) in [6, 6.07) is 9.42. The van der Waals surface area contributed by atoms with Gasteiger partial charge in [-0.2, -0.15) is 5.10 Å². The highest BCUT2D eigenvalue weighted by atomic mass is 16.5. The number of aromatic nitrogens is 2. The fraction of sp³-hybridized carbons (Fsp3) is 0.375. The van der Waals surface area contributed by atoms with Crippen LogP contribution in [0.2, 0.25) is 0 Å². The van der Waals surface area contributed by atoms with Crippen LogP contribution in [-0.2, 0) is 0 Å². The van der Waals surface area contributed by atoms with Gasteiger partial charge in [-0.05, 0) is 51.1 Å². The van der Waals surface area contributed by atoms with Crippen molar-refractivity contribution in [2.24, 2.45) is 0 Å². The smallest absolute Gasteiger partial charge is 0.274 e. The number of amides is 1. The Kier molecular flexibility index (Phi) is 4.62. The van der Waals surface area contributed by atoms with Crippen LogP contribution >= 0.6 is 0 Å². The van der Waals surface area contributed by atoms with E-state index in [1.165, 1.54) is 0 Å². The van der Waals surface area contributed by atoms with Crippen LogP contribution < -0.4 is 4.74 Å². The number of nitrogens with zero attached hydrogens (tertiary/aromatic N) is 3. The molecule has 0 N–H and O–H groups in total. The highest BCUT2D eigenvalue weighted by Crippen LogP contribution is 2.17. The minimum Gasteiger partial charge on any atom is -0.497 e. The summed E-state index contributed by atoms with van der Waals surface area (Å²) in [5.74, 6) is 0.762. The molecule has 0 radical (unpaired) electrons. The molecule has 1 heterocycles. The molecule has 0 aliphatic rings. The maximum absolute atomic E-state index is 12.3. The van der Waals surface area contributed by atoms with Crippen molar-refractivity contribution in [3.63, 3.8) is 0 Å². The van der Waals surface area contributed by atoms with E-state index in [9.17, 15) is 4.79 Å². The highest BCUT2D eigenvalue weighted by Gasteiger charge is 2.17. The van der Waals surface area contributed by atoms with Crippen molar-refractivity contribution in [2.75, 3.05) is 20.2 Å². The molecule has 5 nitrogen and oxygen atoms in total. The van der Waals surface area contributed by atoms with Gasteiger partial charge >= 0.3 is 0 Å². The number of carbonyl (C=O) groups is 1. The number of hydrogen-bond donors (Lipinski definition) is 0. The summed E-state index contributed by atoms with van der Waals surface area (Å²) >= 11 is 0. The van der Waals surface area contributed by atoms with Crippen LogP contribution in [0.3, 0.4) is 0 Å². The molecule has 0 unspecified atom stereocenters. The number of ether oxygens (including phenoxy) is 1. The van der Waals surface area contributed by atoms with Crippen molar-refractivity contribution in [3.8, 4) is 11.4 Å². The Morgan fingerprint density at radius 2 is 1.86 bits per heavy atom. The molecule has 112 valence electrons. The third kappa shape index (κ3) is 3.07. The molecule has 0 saturated heterocycles. The van der Waals surface area contributed by atoms with Gasteiger partial charge in [0.1, 0.15) is 5.75 Å². The number of aryl methyl sites for hydroxylation is 1. The van der Waals surface area contributed by atoms with E-state index in [0.717, 1.165) is 17.1 Å². The van der Waals surface area contributed by atoms with E-state index in [1.807, 2.05) is 51.1 Å². The molecule has 0 atom stereocenters. The number of benzene rings is 1. The average molecular weight is 287 g/mol. The fourth-order valence-electron chi connectivity index (χ4n) is 2.24. The molecule has 0 spiro atoms. The molecular formula is C16H21N3O2. The van der Waals surface area contributed by atoms with Crippen molar-refractivity contribution in [1.82, 2.24) is 14.7 Å². The summed E-state index contributed by atoms with van der Waals surface area (Å²) in [5.41, 5.74) is 2.31. The third-order valence-corrected chi connectivity index (χ3v) is 3.47. The van der Waals surface area contributed by atoms with Crippen molar-refractivity contribution in [3.05, 3.63) is 41.7 Å². The Balaban J connectivity index is 2.32. The Hall–Kier alpha value is -2.30. The lowest BCUT2D eigenvalue weighted by molar-refractivity contribution is 0.0766. The van der Waals surface area contributed by atoms with Crippen LogP contribution in [0.25, 0.3) is 5.69 Å². The lowest BCUT2D eigenvalue weighted by Crippen LogP contribution is -2.30. The molecule has 0 saturated carbocycles. The van der Waals surface area contributed by atoms with Gasteiger partial charge in [0.25, 0.3) is 5.91 Å². The third-order valence-electron chi connectivity index (χ3n) is 3.47. The van der Waals surface area contributed by atoms with E-state index in [1.54, 1.807) is 16.7 Å². The molecule has 5 heteroatoms. The van der Waals surface area contributed by atoms with E-state index in [-0.39, 0.29) is 5.91 Å². The quantitative estimate of drug-likeness (QED) is 0.849. The van der Waals surface area contributed by atoms with E-state index in [4.69, 9.17) is 4.74 Å². The van der Waals surface area contributed by atoms with Crippen LogP contribution in [0.4, 0.5) is 0 Å². The monoisotopic (exact) mass is 287 g/mol. The van der Waals surface area contributed by atoms with Crippen LogP contribution in [0.15, 0.2) is 30.3 Å². The Bertz CT molecular complexity index is 613. The molecule has 1 aromatic carbocycles. The number of methoxy groups -OCH3 is 1. The van der Waals surface area contributed by atoms with Gasteiger partial charge in [0.15, 0.2) is 5.69 Å². The second-order valence-corrected chi connectivity index (χ2v) is 4.76. The van der Waals surface area contributed by atoms with Crippen molar-refractivity contribution in [2.45, 2.75) is 20.8 Å². The van der Waals surface area contributed by atoms with Gasteiger partial charge in [0.2, 0.25) is 0 Å². The molecule has 2 rings (SSSR count). The molecular weight excluding hydrogens is 266 g/mol. The lowest BCUT2D eigenvalue weighted by Gasteiger charge is -2.16. The number of hydrogen-bond acceptors (Lipinski definition) is 3. The number of carbonyl (C=O) groups excluding carboxylic acids is 1. The molecule has 2 aromatic rings. The lowest BCUT2D eigenvalue weighted by atomic mass is 10.3. The summed E-state index contributed by atoms with van der Waals surface area (Å²) < 4.78 is 6.92. The molecule has 1 aromatic heterocycles. The summed E-state index contributed by atoms with van der Waals surface area (Å²) in [6.07, 6.45) is 0. The first-order valence-electron chi connectivity index (χ1n) is 7.11. The molecule has 1 amide bonds. The summed E-state index contributed by atoms with van der Waals surface area (Å²) in [6.45, 7) is 7.24. The highest BCUT2D eigenvalue weighted by molar-refractivity contribution is 5.92. The SMILES string of the molecule is CCN(CC)C(=O)c1cc(C)n(-c2ccc(OC)cc2)n1. The minimum absolute atomic E-state index is 0.0321. The van der Waals surface area contributed by atoms with Crippen LogP contribution in [0.5, 0.6) is 5.75 Å². The fourth-order valence-corrected chi connectivity index (χ4v) is 2.24. The van der Waals surface area contributed by atoms with Gasteiger partial charge in [-0.3, -0.25) is 4.79 Å². The largest absolute Gasteiger partial charge is 0.497 e. The predicted octanol–water partition coefficient (Wildman–Crippen LogP) is 2.67. The second-order valence-electron chi connectivity index (χ2n) is 4.76. The Morgan fingerprint density at radius 1 is 1.24 bits per heavy atom. The van der Waals surface area contributed by atoms with E-state index in [0.29, 0.717) is 18.8 Å². The normalized spacial score (nSPS) is 10.5. The zero-order chi connectivity index (χ0) is 15.4. The Morgan fingerprint density at radius 3 is 2.38 bits per heavy atom. The zero-order valence-corrected chi connectivity index (χ0v) is 13.0. The zero-order valence-electron chi connectivity index (χ0n) is 13.0. The number of rotatable bonds is 5. The van der Waals surface area contributed by atoms with Crippen LogP contribution in [0, 0.1) is 6.92 Å². The van der Waals surface area contributed by atoms with E-state index < -0.39 is 0 Å². The van der Waals surface area contributed by atoms with Crippen molar-refractivity contribution < 1.29 is 9.53 Å². The first kappa shape index (κ1) is 15.1. The van der Waals surface area contributed by atoms with Gasteiger partial charge in [-0.1, -0.05) is 0 Å². The maximum atomic E-state index is 12.3. The summed E-state index contributed by atoms with van der Waals surface area (Å²) in [7, 11) is 1.63. The molecule has 0 aliphatic heterocycles. The van der Waals surface area contributed by atoms with Crippen LogP contribution in [0.1, 0.15) is 30.0 Å². The first-order valence-corrected chi connectivity index (χ1v) is 7.11. The van der Waals surface area contributed by atoms with Crippen molar-refractivity contribution in [1.29, 1.82) is 0 Å². The minimum atomic E-state index is -0.0321. The van der Waals surface area contributed by atoms with Crippen molar-refractivity contribution >= 4 is 5.91 Å². The standard InChI is InChI=1S/C16H21N3O2/c1-5-18(6-2)16(20)15-11-12(3)19(17-15)13-7-9-14(21-4)10-8-13/h7-11H,5-6H2,1-4H3. The van der Waals surface area contributed by atoms with Gasteiger partial charge in [0.05, 0.1) is 12.8 Å². The Labute approximate surface area is 125 Å². The molecule has 0 aliphatic carbocycles. The van der Waals surface area contributed by atoms with Gasteiger partial charge in [-0.25, -0.2) is 4.68 Å². The summed E-state index contributed by atoms with van der Waals surface area (Å²) in [5, 5.41) is 4.44. The van der Waals surface area contributed by atoms with Crippen LogP contribution in [-0.4, -0.2) is 40.8 Å². The van der Waals surface area contributed by atoms with E-state index in [2.05, 4.69) is 5.10 Å². The molecule has 21 heavy (non-hydrogen) atoms. The molecule has 0 bridgehead atoms. The maximum Gasteiger partial charge on any atom is 0.274 e. The molecule has 0 fully saturated rings. The average Bonchev–Trinajstić information content (AvgIpc) is 2.90. The predicted molar refractivity (Wildman–Crippen MR) is 82.1 cm³/mol. The topological polar surface area (TPSA) is 47.4 Å².